The van der Waals surface area contributed by atoms with Crippen LogP contribution < -0.4 is 25.0 Å². The summed E-state index contributed by atoms with van der Waals surface area (Å²) < 4.78 is 27.6. The van der Waals surface area contributed by atoms with Gasteiger partial charge in [-0.05, 0) is 68.4 Å². The van der Waals surface area contributed by atoms with Gasteiger partial charge in [-0.2, -0.15) is 0 Å². The first-order chi connectivity index (χ1) is 18.2. The second kappa shape index (κ2) is 10.3. The maximum atomic E-state index is 15.0. The summed E-state index contributed by atoms with van der Waals surface area (Å²) in [5, 5.41) is 8.22. The van der Waals surface area contributed by atoms with E-state index in [1.165, 1.54) is 6.07 Å². The molecule has 1 aliphatic carbocycles. The maximum Gasteiger partial charge on any atom is 0.238 e. The summed E-state index contributed by atoms with van der Waals surface area (Å²) in [6, 6.07) is 13.3. The molecule has 0 aromatic heterocycles. The number of anilines is 1. The number of likely N-dealkylation sites (N-methyl/N-ethyl adjacent to an activating group) is 1. The van der Waals surface area contributed by atoms with E-state index in [1.54, 1.807) is 45.0 Å². The summed E-state index contributed by atoms with van der Waals surface area (Å²) in [6.07, 6.45) is 0.489. The van der Waals surface area contributed by atoms with Gasteiger partial charge in [0.25, 0.3) is 0 Å². The molecule has 5 rings (SSSR count). The van der Waals surface area contributed by atoms with Crippen molar-refractivity contribution in [3.05, 3.63) is 64.4 Å². The summed E-state index contributed by atoms with van der Waals surface area (Å²) in [4.78, 5) is 28.6. The van der Waals surface area contributed by atoms with Crippen LogP contribution in [0.1, 0.15) is 25.8 Å². The molecule has 9 heteroatoms. The molecule has 0 radical (unpaired) electrons. The predicted molar refractivity (Wildman–Crippen MR) is 148 cm³/mol. The number of hydrogen-bond acceptors (Lipinski definition) is 6. The number of carbonyl (C=O) groups excluding carboxylic acids is 2. The number of nitrogens with zero attached hydrogens (tertiary/aromatic N) is 1. The van der Waals surface area contributed by atoms with Crippen molar-refractivity contribution >= 4 is 44.1 Å². The highest BCUT2D eigenvalue weighted by Crippen LogP contribution is 2.52. The molecule has 1 unspecified atom stereocenters. The molecule has 1 heterocycles. The van der Waals surface area contributed by atoms with E-state index in [1.807, 2.05) is 30.3 Å². The highest BCUT2D eigenvalue weighted by molar-refractivity contribution is 9.10. The van der Waals surface area contributed by atoms with Crippen molar-refractivity contribution in [2.75, 3.05) is 25.7 Å². The number of benzene rings is 3. The standard InChI is InChI=1S/C29H31BrFN3O4/c1-16(32-3)26(35)17(2)33-25-13-29(25)15-38-27-22(31)6-5-7-23(27)34(28(29)36)14-21-20-10-9-19(30)12-18(20)8-11-24(21)37-4/h5-12,16-17,25,32-33H,13-15H2,1-4H3/t16-,17?,25-,29-/m0/s1. The van der Waals surface area contributed by atoms with Crippen LogP contribution in [0.4, 0.5) is 10.1 Å². The molecule has 200 valence electrons. The number of para-hydroxylation sites is 1. The molecular formula is C29H31BrFN3O4. The fourth-order valence-corrected chi connectivity index (χ4v) is 5.71. The molecular weight excluding hydrogens is 553 g/mol. The first-order valence-electron chi connectivity index (χ1n) is 12.7. The minimum absolute atomic E-state index is 0.00868. The molecule has 0 saturated heterocycles. The van der Waals surface area contributed by atoms with E-state index in [2.05, 4.69) is 26.6 Å². The molecule has 38 heavy (non-hydrogen) atoms. The van der Waals surface area contributed by atoms with Gasteiger partial charge in [0.2, 0.25) is 5.91 Å². The zero-order valence-electron chi connectivity index (χ0n) is 21.8. The Kier molecular flexibility index (Phi) is 7.19. The smallest absolute Gasteiger partial charge is 0.238 e. The SMILES string of the molecule is CN[C@@H](C)C(=O)C(C)N[C@H]1C[C@]12COc1c(F)cccc1N(Cc1c(OC)ccc3cc(Br)ccc13)C2=O. The van der Waals surface area contributed by atoms with Crippen LogP contribution in [-0.2, 0) is 16.1 Å². The summed E-state index contributed by atoms with van der Waals surface area (Å²) in [5.74, 6) is 0.00251. The number of halogens is 2. The lowest BCUT2D eigenvalue weighted by Gasteiger charge is -2.27. The molecule has 1 aliphatic heterocycles. The van der Waals surface area contributed by atoms with Gasteiger partial charge in [0, 0.05) is 16.1 Å². The third kappa shape index (κ3) is 4.57. The molecule has 2 aliphatic rings. The van der Waals surface area contributed by atoms with Gasteiger partial charge in [-0.3, -0.25) is 9.59 Å². The first kappa shape index (κ1) is 26.6. The fraction of sp³-hybridized carbons (Fsp3) is 0.379. The lowest BCUT2D eigenvalue weighted by atomic mass is 10.0. The highest BCUT2D eigenvalue weighted by atomic mass is 79.9. The maximum absolute atomic E-state index is 15.0. The number of ether oxygens (including phenoxy) is 2. The van der Waals surface area contributed by atoms with E-state index >= 15 is 0 Å². The largest absolute Gasteiger partial charge is 0.496 e. The quantitative estimate of drug-likeness (QED) is 0.404. The fourth-order valence-electron chi connectivity index (χ4n) is 5.33. The number of methoxy groups -OCH3 is 1. The molecule has 1 amide bonds. The van der Waals surface area contributed by atoms with E-state index in [-0.39, 0.29) is 42.7 Å². The van der Waals surface area contributed by atoms with Gasteiger partial charge >= 0.3 is 0 Å². The topological polar surface area (TPSA) is 79.9 Å². The van der Waals surface area contributed by atoms with Crippen molar-refractivity contribution < 1.29 is 23.5 Å². The number of Topliss-reactive ketones (excluding diaryl/α,β-unsaturated/α-hetero) is 1. The van der Waals surface area contributed by atoms with E-state index in [0.29, 0.717) is 17.9 Å². The second-order valence-corrected chi connectivity index (χ2v) is 11.0. The van der Waals surface area contributed by atoms with Gasteiger partial charge in [0.15, 0.2) is 17.3 Å². The van der Waals surface area contributed by atoms with Crippen molar-refractivity contribution in [2.24, 2.45) is 5.41 Å². The van der Waals surface area contributed by atoms with Crippen LogP contribution in [-0.4, -0.2) is 50.6 Å². The number of carbonyl (C=O) groups is 2. The Labute approximate surface area is 229 Å². The average Bonchev–Trinajstić information content (AvgIpc) is 3.63. The van der Waals surface area contributed by atoms with E-state index in [9.17, 15) is 14.0 Å². The molecule has 1 saturated carbocycles. The highest BCUT2D eigenvalue weighted by Gasteiger charge is 2.64. The van der Waals surface area contributed by atoms with Gasteiger partial charge in [0.05, 0.1) is 31.4 Å². The number of rotatable bonds is 8. The summed E-state index contributed by atoms with van der Waals surface area (Å²) in [6.45, 7) is 3.80. The number of ketones is 1. The number of hydrogen-bond donors (Lipinski definition) is 2. The van der Waals surface area contributed by atoms with Crippen molar-refractivity contribution in [2.45, 2.75) is 44.9 Å². The van der Waals surface area contributed by atoms with E-state index in [4.69, 9.17) is 9.47 Å². The summed E-state index contributed by atoms with van der Waals surface area (Å²) in [7, 11) is 3.33. The summed E-state index contributed by atoms with van der Waals surface area (Å²) >= 11 is 3.52. The molecule has 3 aromatic carbocycles. The third-order valence-electron chi connectivity index (χ3n) is 7.78. The van der Waals surface area contributed by atoms with Gasteiger partial charge < -0.3 is 25.0 Å². The third-order valence-corrected chi connectivity index (χ3v) is 8.27. The molecule has 0 bridgehead atoms. The second-order valence-electron chi connectivity index (χ2n) is 10.1. The Balaban J connectivity index is 1.54. The summed E-state index contributed by atoms with van der Waals surface area (Å²) in [5.41, 5.74) is 0.278. The molecule has 4 atom stereocenters. The van der Waals surface area contributed by atoms with E-state index in [0.717, 1.165) is 20.8 Å². The Hall–Kier alpha value is -3.01. The molecule has 7 nitrogen and oxygen atoms in total. The predicted octanol–water partition coefficient (Wildman–Crippen LogP) is 4.59. The van der Waals surface area contributed by atoms with Crippen LogP contribution >= 0.6 is 15.9 Å². The zero-order valence-corrected chi connectivity index (χ0v) is 23.4. The van der Waals surface area contributed by atoms with Crippen LogP contribution in [0.3, 0.4) is 0 Å². The Morgan fingerprint density at radius 1 is 1.24 bits per heavy atom. The van der Waals surface area contributed by atoms with Crippen LogP contribution in [0, 0.1) is 11.2 Å². The monoisotopic (exact) mass is 583 g/mol. The van der Waals surface area contributed by atoms with Crippen molar-refractivity contribution in [1.29, 1.82) is 0 Å². The Morgan fingerprint density at radius 3 is 2.76 bits per heavy atom. The zero-order chi connectivity index (χ0) is 27.2. The van der Waals surface area contributed by atoms with Crippen LogP contribution in [0.15, 0.2) is 53.0 Å². The molecule has 1 spiro atoms. The van der Waals surface area contributed by atoms with Gasteiger partial charge in [-0.15, -0.1) is 0 Å². The number of nitrogens with one attached hydrogen (secondary N) is 2. The van der Waals surface area contributed by atoms with Gasteiger partial charge in [-0.1, -0.05) is 34.1 Å². The Morgan fingerprint density at radius 2 is 2.03 bits per heavy atom. The van der Waals surface area contributed by atoms with Crippen molar-refractivity contribution in [3.8, 4) is 11.5 Å². The van der Waals surface area contributed by atoms with Gasteiger partial charge in [0.1, 0.15) is 17.8 Å². The van der Waals surface area contributed by atoms with Crippen molar-refractivity contribution in [3.63, 3.8) is 0 Å². The number of amides is 1. The minimum Gasteiger partial charge on any atom is -0.496 e. The lowest BCUT2D eigenvalue weighted by Crippen LogP contribution is -2.48. The number of fused-ring (bicyclic) bond motifs is 2. The molecule has 3 aromatic rings. The normalized spacial score (nSPS) is 22.0. The molecule has 1 fully saturated rings. The minimum atomic E-state index is -0.913. The van der Waals surface area contributed by atoms with Crippen LogP contribution in [0.2, 0.25) is 0 Å². The first-order valence-corrected chi connectivity index (χ1v) is 13.4. The molecule has 2 N–H and O–H groups in total. The average molecular weight is 584 g/mol. The van der Waals surface area contributed by atoms with E-state index < -0.39 is 17.3 Å². The lowest BCUT2D eigenvalue weighted by molar-refractivity contribution is -0.125. The van der Waals surface area contributed by atoms with Gasteiger partial charge in [-0.25, -0.2) is 4.39 Å². The van der Waals surface area contributed by atoms with Crippen LogP contribution in [0.5, 0.6) is 11.5 Å². The van der Waals surface area contributed by atoms with Crippen molar-refractivity contribution in [1.82, 2.24) is 10.6 Å². The Bertz CT molecular complexity index is 1420. The van der Waals surface area contributed by atoms with Crippen LogP contribution in [0.25, 0.3) is 10.8 Å².